The third-order valence-electron chi connectivity index (χ3n) is 3.75. The molecule has 0 aliphatic carbocycles. The molecule has 3 aromatic rings. The number of hydrogen-bond acceptors (Lipinski definition) is 1. The van der Waals surface area contributed by atoms with E-state index in [0.29, 0.717) is 0 Å². The molecule has 0 spiro atoms. The number of benzene rings is 3. The zero-order chi connectivity index (χ0) is 14.2. The molecule has 1 radical (unpaired) electrons. The van der Waals surface area contributed by atoms with E-state index in [0.717, 1.165) is 28.4 Å². The second kappa shape index (κ2) is 4.67. The summed E-state index contributed by atoms with van der Waals surface area (Å²) in [5.41, 5.74) is 5.33. The predicted molar refractivity (Wildman–Crippen MR) is 84.6 cm³/mol. The number of hydrogen-bond donors (Lipinski definition) is 0. The highest BCUT2D eigenvalue weighted by Crippen LogP contribution is 2.46. The highest BCUT2D eigenvalue weighted by molar-refractivity contribution is 5.85. The number of para-hydroxylation sites is 3. The van der Waals surface area contributed by atoms with E-state index in [1.165, 1.54) is 11.1 Å². The van der Waals surface area contributed by atoms with E-state index in [9.17, 15) is 0 Å². The molecule has 1 heterocycles. The number of aryl methyl sites for hydroxylation is 1. The largest absolute Gasteiger partial charge is 0.453 e. The molecule has 21 heavy (non-hydrogen) atoms. The van der Waals surface area contributed by atoms with E-state index in [2.05, 4.69) is 37.3 Å². The van der Waals surface area contributed by atoms with Crippen LogP contribution in [-0.2, 0) is 0 Å². The lowest BCUT2D eigenvalue weighted by Crippen LogP contribution is -2.03. The fourth-order valence-electron chi connectivity index (χ4n) is 2.69. The van der Waals surface area contributed by atoms with Crippen LogP contribution in [0.5, 0.6) is 11.5 Å². The molecule has 0 atom stereocenters. The van der Waals surface area contributed by atoms with Crippen molar-refractivity contribution in [2.24, 2.45) is 0 Å². The summed E-state index contributed by atoms with van der Waals surface area (Å²) in [4.78, 5) is 0. The monoisotopic (exact) mass is 272 g/mol. The standard InChI is InChI=1S/C19H14NO/c1-13-7-2-3-8-14(13)15-9-6-12-18-19(15)20-16-10-4-5-11-17(16)21-18/h2-12H,1H3. The van der Waals surface area contributed by atoms with Crippen LogP contribution in [0, 0.1) is 6.92 Å². The van der Waals surface area contributed by atoms with Gasteiger partial charge in [0.25, 0.3) is 0 Å². The molecule has 0 aromatic heterocycles. The van der Waals surface area contributed by atoms with Crippen molar-refractivity contribution in [2.75, 3.05) is 0 Å². The molecule has 101 valence electrons. The van der Waals surface area contributed by atoms with Crippen molar-refractivity contribution < 1.29 is 4.74 Å². The van der Waals surface area contributed by atoms with E-state index in [-0.39, 0.29) is 0 Å². The third-order valence-corrected chi connectivity index (χ3v) is 3.75. The maximum absolute atomic E-state index is 5.99. The molecule has 1 aliphatic rings. The first-order chi connectivity index (χ1) is 10.3. The Bertz CT molecular complexity index is 823. The summed E-state index contributed by atoms with van der Waals surface area (Å²) in [6, 6.07) is 22.3. The summed E-state index contributed by atoms with van der Waals surface area (Å²) in [5, 5.41) is 4.80. The highest BCUT2D eigenvalue weighted by Gasteiger charge is 2.21. The van der Waals surface area contributed by atoms with Gasteiger partial charge in [-0.1, -0.05) is 48.5 Å². The van der Waals surface area contributed by atoms with Crippen molar-refractivity contribution >= 4 is 11.4 Å². The Labute approximate surface area is 124 Å². The van der Waals surface area contributed by atoms with Gasteiger partial charge in [0.15, 0.2) is 11.5 Å². The Morgan fingerprint density at radius 3 is 2.33 bits per heavy atom. The van der Waals surface area contributed by atoms with Crippen LogP contribution in [0.2, 0.25) is 0 Å². The van der Waals surface area contributed by atoms with Gasteiger partial charge in [0, 0.05) is 5.56 Å². The van der Waals surface area contributed by atoms with E-state index < -0.39 is 0 Å². The zero-order valence-corrected chi connectivity index (χ0v) is 11.7. The summed E-state index contributed by atoms with van der Waals surface area (Å²) in [6.07, 6.45) is 0. The smallest absolute Gasteiger partial charge is 0.153 e. The molecule has 0 fully saturated rings. The number of rotatable bonds is 1. The quantitative estimate of drug-likeness (QED) is 0.459. The molecule has 0 saturated carbocycles. The number of ether oxygens (including phenoxy) is 1. The van der Waals surface area contributed by atoms with Crippen molar-refractivity contribution in [1.82, 2.24) is 5.32 Å². The first kappa shape index (κ1) is 12.0. The molecule has 0 N–H and O–H groups in total. The number of nitrogens with zero attached hydrogens (tertiary/aromatic N) is 1. The second-order valence-corrected chi connectivity index (χ2v) is 5.15. The molecule has 3 aromatic carbocycles. The van der Waals surface area contributed by atoms with Gasteiger partial charge in [-0.3, -0.25) is 0 Å². The van der Waals surface area contributed by atoms with Crippen LogP contribution in [0.25, 0.3) is 11.1 Å². The second-order valence-electron chi connectivity index (χ2n) is 5.15. The fraction of sp³-hybridized carbons (Fsp3) is 0.0526. The van der Waals surface area contributed by atoms with Crippen LogP contribution in [0.3, 0.4) is 0 Å². The minimum absolute atomic E-state index is 0.812. The van der Waals surface area contributed by atoms with Crippen molar-refractivity contribution in [3.8, 4) is 22.6 Å². The lowest BCUT2D eigenvalue weighted by Gasteiger charge is -2.22. The van der Waals surface area contributed by atoms with Gasteiger partial charge in [-0.05, 0) is 36.2 Å². The van der Waals surface area contributed by atoms with Crippen LogP contribution >= 0.6 is 0 Å². The van der Waals surface area contributed by atoms with E-state index in [1.54, 1.807) is 0 Å². The Balaban J connectivity index is 1.89. The van der Waals surface area contributed by atoms with Crippen molar-refractivity contribution in [3.63, 3.8) is 0 Å². The summed E-state index contributed by atoms with van der Waals surface area (Å²) in [6.45, 7) is 2.12. The normalized spacial score (nSPS) is 11.9. The van der Waals surface area contributed by atoms with E-state index >= 15 is 0 Å². The maximum atomic E-state index is 5.99. The first-order valence-electron chi connectivity index (χ1n) is 7.00. The Hall–Kier alpha value is -2.74. The Kier molecular flexibility index (Phi) is 2.68. The van der Waals surface area contributed by atoms with E-state index in [4.69, 9.17) is 10.1 Å². The van der Waals surface area contributed by atoms with Gasteiger partial charge >= 0.3 is 0 Å². The molecule has 0 unspecified atom stereocenters. The fourth-order valence-corrected chi connectivity index (χ4v) is 2.69. The minimum Gasteiger partial charge on any atom is -0.453 e. The van der Waals surface area contributed by atoms with Crippen LogP contribution in [0.4, 0.5) is 11.4 Å². The van der Waals surface area contributed by atoms with Gasteiger partial charge < -0.3 is 4.74 Å². The molecule has 0 saturated heterocycles. The van der Waals surface area contributed by atoms with Crippen molar-refractivity contribution in [1.29, 1.82) is 0 Å². The molecular formula is C19H14NO. The lowest BCUT2D eigenvalue weighted by molar-refractivity contribution is 0.472. The number of fused-ring (bicyclic) bond motifs is 2. The summed E-state index contributed by atoms with van der Waals surface area (Å²) in [5.74, 6) is 1.63. The van der Waals surface area contributed by atoms with Gasteiger partial charge in [-0.2, -0.15) is 0 Å². The van der Waals surface area contributed by atoms with Gasteiger partial charge in [0.05, 0.1) is 0 Å². The van der Waals surface area contributed by atoms with Gasteiger partial charge in [-0.25, -0.2) is 5.32 Å². The van der Waals surface area contributed by atoms with Gasteiger partial charge in [0.2, 0.25) is 0 Å². The molecule has 0 bridgehead atoms. The molecule has 0 amide bonds. The maximum Gasteiger partial charge on any atom is 0.153 e. The topological polar surface area (TPSA) is 23.3 Å². The Morgan fingerprint density at radius 1 is 0.714 bits per heavy atom. The predicted octanol–water partition coefficient (Wildman–Crippen LogP) is 5.34. The molecule has 1 aliphatic heterocycles. The average Bonchev–Trinajstić information content (AvgIpc) is 2.53. The van der Waals surface area contributed by atoms with Gasteiger partial charge in [-0.15, -0.1) is 0 Å². The highest BCUT2D eigenvalue weighted by atomic mass is 16.5. The zero-order valence-electron chi connectivity index (χ0n) is 11.7. The van der Waals surface area contributed by atoms with Crippen LogP contribution < -0.4 is 10.1 Å². The van der Waals surface area contributed by atoms with E-state index in [1.807, 2.05) is 36.4 Å². The molecule has 4 rings (SSSR count). The summed E-state index contributed by atoms with van der Waals surface area (Å²) in [7, 11) is 0. The Morgan fingerprint density at radius 2 is 1.43 bits per heavy atom. The third kappa shape index (κ3) is 1.96. The lowest BCUT2D eigenvalue weighted by atomic mass is 9.98. The summed E-state index contributed by atoms with van der Waals surface area (Å²) >= 11 is 0. The summed E-state index contributed by atoms with van der Waals surface area (Å²) < 4.78 is 5.99. The SMILES string of the molecule is Cc1ccccc1-c1cccc2c1[N]c1ccccc1O2. The molecular weight excluding hydrogens is 258 g/mol. The van der Waals surface area contributed by atoms with Crippen LogP contribution in [-0.4, -0.2) is 0 Å². The van der Waals surface area contributed by atoms with Gasteiger partial charge in [0.1, 0.15) is 11.4 Å². The van der Waals surface area contributed by atoms with Crippen molar-refractivity contribution in [3.05, 3.63) is 72.3 Å². The molecule has 2 nitrogen and oxygen atoms in total. The first-order valence-corrected chi connectivity index (χ1v) is 7.00. The molecule has 2 heteroatoms. The van der Waals surface area contributed by atoms with Crippen LogP contribution in [0.15, 0.2) is 66.7 Å². The van der Waals surface area contributed by atoms with Crippen LogP contribution in [0.1, 0.15) is 5.56 Å². The average molecular weight is 272 g/mol. The minimum atomic E-state index is 0.812. The van der Waals surface area contributed by atoms with Crippen molar-refractivity contribution in [2.45, 2.75) is 6.92 Å².